The topological polar surface area (TPSA) is 202 Å². The summed E-state index contributed by atoms with van der Waals surface area (Å²) >= 11 is 0. The Morgan fingerprint density at radius 1 is 0.643 bits per heavy atom. The SMILES string of the molecule is O=C(Nc1ccc(N=Nc2cccc(S(=O)(=O)O)c2)cc1)Nc1ccc(N=Nc2ccc(O)c(C(=O)O)c2)cc1.[Na].[Na]. The van der Waals surface area contributed by atoms with Gasteiger partial charge in [-0.05, 0) is 84.9 Å². The number of carbonyl (C=O) groups excluding carboxylic acids is 1. The van der Waals surface area contributed by atoms with E-state index in [0.717, 1.165) is 0 Å². The second kappa shape index (κ2) is 15.7. The Balaban J connectivity index is 0.00000308. The molecule has 4 aromatic rings. The van der Waals surface area contributed by atoms with Crippen molar-refractivity contribution in [3.63, 3.8) is 0 Å². The van der Waals surface area contributed by atoms with Gasteiger partial charge in [0, 0.05) is 70.5 Å². The number of hydrogen-bond acceptors (Lipinski definition) is 9. The number of amides is 2. The van der Waals surface area contributed by atoms with Crippen LogP contribution in [-0.4, -0.2) is 94.3 Å². The normalized spacial score (nSPS) is 11.0. The molecule has 0 bridgehead atoms. The van der Waals surface area contributed by atoms with Gasteiger partial charge in [-0.15, -0.1) is 0 Å². The van der Waals surface area contributed by atoms with Crippen molar-refractivity contribution >= 4 is 115 Å². The third-order valence-corrected chi connectivity index (χ3v) is 5.99. The molecule has 42 heavy (non-hydrogen) atoms. The molecule has 0 unspecified atom stereocenters. The van der Waals surface area contributed by atoms with Gasteiger partial charge in [0.2, 0.25) is 0 Å². The number of aromatic carboxylic acids is 1. The van der Waals surface area contributed by atoms with Gasteiger partial charge in [-0.1, -0.05) is 6.07 Å². The molecule has 2 radical (unpaired) electrons. The molecule has 0 saturated heterocycles. The molecule has 4 aromatic carbocycles. The first-order valence-electron chi connectivity index (χ1n) is 11.3. The van der Waals surface area contributed by atoms with E-state index < -0.39 is 22.1 Å². The van der Waals surface area contributed by atoms with Crippen molar-refractivity contribution in [1.29, 1.82) is 0 Å². The van der Waals surface area contributed by atoms with E-state index in [9.17, 15) is 23.1 Å². The van der Waals surface area contributed by atoms with E-state index in [-0.39, 0.29) is 86.7 Å². The van der Waals surface area contributed by atoms with E-state index in [0.29, 0.717) is 22.7 Å². The third-order valence-electron chi connectivity index (χ3n) is 5.14. The fourth-order valence-corrected chi connectivity index (χ4v) is 3.73. The van der Waals surface area contributed by atoms with E-state index in [1.165, 1.54) is 42.5 Å². The molecule has 0 aliphatic carbocycles. The summed E-state index contributed by atoms with van der Waals surface area (Å²) in [6.07, 6.45) is 0. The van der Waals surface area contributed by atoms with Gasteiger partial charge < -0.3 is 20.8 Å². The van der Waals surface area contributed by atoms with E-state index in [4.69, 9.17) is 9.66 Å². The van der Waals surface area contributed by atoms with E-state index in [1.54, 1.807) is 48.5 Å². The number of nitrogens with zero attached hydrogens (tertiary/aromatic N) is 4. The smallest absolute Gasteiger partial charge is 0.339 e. The van der Waals surface area contributed by atoms with Crippen molar-refractivity contribution in [2.75, 3.05) is 10.6 Å². The van der Waals surface area contributed by atoms with Gasteiger partial charge in [-0.25, -0.2) is 9.59 Å². The van der Waals surface area contributed by atoms with Crippen LogP contribution in [0.25, 0.3) is 0 Å². The summed E-state index contributed by atoms with van der Waals surface area (Å²) in [7, 11) is -4.35. The fraction of sp³-hybridized carbons (Fsp3) is 0. The van der Waals surface area contributed by atoms with E-state index in [1.807, 2.05) is 0 Å². The van der Waals surface area contributed by atoms with Gasteiger partial charge in [0.05, 0.1) is 27.6 Å². The molecular formula is C26H20N6Na2O7S. The van der Waals surface area contributed by atoms with Gasteiger partial charge >= 0.3 is 12.0 Å². The van der Waals surface area contributed by atoms with Crippen molar-refractivity contribution in [1.82, 2.24) is 0 Å². The Bertz CT molecular complexity index is 1730. The summed E-state index contributed by atoms with van der Waals surface area (Å²) in [5, 5.41) is 39.9. The van der Waals surface area contributed by atoms with Crippen molar-refractivity contribution in [2.45, 2.75) is 4.90 Å². The van der Waals surface area contributed by atoms with Gasteiger partial charge in [0.15, 0.2) is 0 Å². The van der Waals surface area contributed by atoms with Crippen LogP contribution in [0.1, 0.15) is 10.4 Å². The maximum Gasteiger partial charge on any atom is 0.339 e. The average molecular weight is 607 g/mol. The molecule has 4 rings (SSSR count). The number of nitrogens with one attached hydrogen (secondary N) is 2. The number of rotatable bonds is 8. The standard InChI is InChI=1S/C26H20N6O7S.2Na/c33-24-13-12-21(15-23(24)25(34)35)32-30-19-10-6-17(7-11-19)28-26(36)27-16-4-8-18(9-5-16)29-31-20-2-1-3-22(14-20)40(37,38)39;;/h1-15,33H,(H,34,35)(H2,27,28,36)(H,37,38,39);;. The van der Waals surface area contributed by atoms with Crippen molar-refractivity contribution in [2.24, 2.45) is 20.5 Å². The maximum atomic E-state index is 12.4. The van der Waals surface area contributed by atoms with E-state index >= 15 is 0 Å². The number of aromatic hydroxyl groups is 1. The second-order valence-electron chi connectivity index (χ2n) is 8.05. The Labute approximate surface area is 284 Å². The number of azo groups is 2. The van der Waals surface area contributed by atoms with Gasteiger partial charge in [0.1, 0.15) is 11.3 Å². The zero-order valence-corrected chi connectivity index (χ0v) is 27.1. The second-order valence-corrected chi connectivity index (χ2v) is 9.47. The maximum absolute atomic E-state index is 12.4. The molecule has 0 aliphatic heterocycles. The minimum Gasteiger partial charge on any atom is -0.507 e. The summed E-state index contributed by atoms with van der Waals surface area (Å²) in [5.74, 6) is -1.66. The number of phenols is 1. The first kappa shape index (κ1) is 34.7. The quantitative estimate of drug-likeness (QED) is 0.0911. The van der Waals surface area contributed by atoms with Gasteiger partial charge in [0.25, 0.3) is 10.1 Å². The van der Waals surface area contributed by atoms with Gasteiger partial charge in [-0.3, -0.25) is 4.55 Å². The molecule has 0 heterocycles. The molecule has 0 saturated carbocycles. The van der Waals surface area contributed by atoms with Crippen LogP contribution in [-0.2, 0) is 10.1 Å². The molecule has 0 atom stereocenters. The number of carboxylic acids is 1. The summed E-state index contributed by atoms with van der Waals surface area (Å²) in [5.41, 5.74) is 2.04. The molecule has 13 nitrogen and oxygen atoms in total. The molecule has 0 fully saturated rings. The van der Waals surface area contributed by atoms with E-state index in [2.05, 4.69) is 31.1 Å². The van der Waals surface area contributed by atoms with Crippen molar-refractivity contribution < 1.29 is 32.8 Å². The van der Waals surface area contributed by atoms with Crippen LogP contribution in [0.3, 0.4) is 0 Å². The number of urea groups is 1. The van der Waals surface area contributed by atoms with Crippen LogP contribution in [0.2, 0.25) is 0 Å². The Hall–Kier alpha value is -3.47. The number of benzene rings is 4. The minimum absolute atomic E-state index is 0. The molecule has 5 N–H and O–H groups in total. The fourth-order valence-electron chi connectivity index (χ4n) is 3.21. The monoisotopic (exact) mass is 606 g/mol. The first-order valence-corrected chi connectivity index (χ1v) is 12.8. The van der Waals surface area contributed by atoms with Crippen LogP contribution in [0.5, 0.6) is 5.75 Å². The number of anilines is 2. The molecule has 204 valence electrons. The summed E-state index contributed by atoms with van der Waals surface area (Å²) in [4.78, 5) is 23.2. The molecule has 16 heteroatoms. The third kappa shape index (κ3) is 10.1. The zero-order valence-electron chi connectivity index (χ0n) is 22.3. The molecule has 2 amide bonds. The number of hydrogen-bond donors (Lipinski definition) is 5. The summed E-state index contributed by atoms with van der Waals surface area (Å²) in [6, 6.07) is 21.5. The number of carboxylic acid groups (broad SMARTS) is 1. The summed E-state index contributed by atoms with van der Waals surface area (Å²) in [6.45, 7) is 0. The van der Waals surface area contributed by atoms with Crippen LogP contribution in [0.4, 0.5) is 38.9 Å². The minimum atomic E-state index is -4.35. The molecule has 0 spiro atoms. The first-order chi connectivity index (χ1) is 19.1. The van der Waals surface area contributed by atoms with Crippen molar-refractivity contribution in [3.05, 3.63) is 96.6 Å². The molecule has 0 aromatic heterocycles. The van der Waals surface area contributed by atoms with Gasteiger partial charge in [-0.2, -0.15) is 28.9 Å². The van der Waals surface area contributed by atoms with Crippen LogP contribution in [0.15, 0.2) is 116 Å². The zero-order chi connectivity index (χ0) is 28.7. The predicted molar refractivity (Wildman–Crippen MR) is 157 cm³/mol. The molecule has 0 aliphatic rings. The van der Waals surface area contributed by atoms with Crippen LogP contribution >= 0.6 is 0 Å². The molecular weight excluding hydrogens is 586 g/mol. The van der Waals surface area contributed by atoms with Crippen molar-refractivity contribution in [3.8, 4) is 5.75 Å². The Morgan fingerprint density at radius 2 is 1.10 bits per heavy atom. The number of carbonyl (C=O) groups is 2. The average Bonchev–Trinajstić information content (AvgIpc) is 2.92. The Kier molecular flexibility index (Phi) is 13.0. The van der Waals surface area contributed by atoms with Crippen LogP contribution in [0, 0.1) is 0 Å². The largest absolute Gasteiger partial charge is 0.507 e. The Morgan fingerprint density at radius 3 is 1.57 bits per heavy atom. The van der Waals surface area contributed by atoms with Crippen LogP contribution < -0.4 is 10.6 Å². The predicted octanol–water partition coefficient (Wildman–Crippen LogP) is 6.05. The summed E-state index contributed by atoms with van der Waals surface area (Å²) < 4.78 is 31.6.